The molecule has 114 valence electrons. The molecule has 4 bridgehead atoms. The first-order chi connectivity index (χ1) is 10.3. The second-order valence-electron chi connectivity index (χ2n) is 8.47. The van der Waals surface area contributed by atoms with Crippen LogP contribution < -0.4 is 0 Å². The Morgan fingerprint density at radius 1 is 1.00 bits per heavy atom. The van der Waals surface area contributed by atoms with E-state index in [2.05, 4.69) is 6.58 Å². The lowest BCUT2D eigenvalue weighted by Crippen LogP contribution is -2.39. The molecule has 0 aromatic carbocycles. The van der Waals surface area contributed by atoms with Gasteiger partial charge in [-0.2, -0.15) is 0 Å². The van der Waals surface area contributed by atoms with E-state index in [1.54, 1.807) is 6.42 Å². The molecule has 5 aliphatic rings. The predicted molar refractivity (Wildman–Crippen MR) is 80.3 cm³/mol. The number of rotatable bonds is 3. The van der Waals surface area contributed by atoms with Gasteiger partial charge in [0.1, 0.15) is 0 Å². The van der Waals surface area contributed by atoms with Crippen molar-refractivity contribution in [3.8, 4) is 0 Å². The van der Waals surface area contributed by atoms with E-state index < -0.39 is 0 Å². The number of carbonyl (C=O) groups excluding carboxylic acids is 1. The van der Waals surface area contributed by atoms with Crippen molar-refractivity contribution in [2.24, 2.45) is 53.3 Å². The Labute approximate surface area is 127 Å². The van der Waals surface area contributed by atoms with E-state index in [1.807, 2.05) is 0 Å². The molecule has 0 N–H and O–H groups in total. The molecular weight excluding hydrogens is 260 g/mol. The van der Waals surface area contributed by atoms with E-state index in [0.29, 0.717) is 12.5 Å². The fourth-order valence-corrected chi connectivity index (χ4v) is 7.89. The molecule has 0 aromatic rings. The number of ether oxygens (including phenoxy) is 1. The molecule has 9 atom stereocenters. The Morgan fingerprint density at radius 3 is 2.52 bits per heavy atom. The summed E-state index contributed by atoms with van der Waals surface area (Å²) in [6, 6.07) is 0. The number of hydrogen-bond donors (Lipinski definition) is 0. The third-order valence-electron chi connectivity index (χ3n) is 8.13. The summed E-state index contributed by atoms with van der Waals surface area (Å²) >= 11 is 0. The van der Waals surface area contributed by atoms with Gasteiger partial charge in [0.05, 0.1) is 6.61 Å². The SMILES string of the molecule is C=CC(=O)OCC1CC2CC1C1C3CC(C4CCCC43)C21. The van der Waals surface area contributed by atoms with Gasteiger partial charge in [-0.15, -0.1) is 0 Å². The highest BCUT2D eigenvalue weighted by Crippen LogP contribution is 2.73. The monoisotopic (exact) mass is 286 g/mol. The molecule has 5 rings (SSSR count). The first-order valence-corrected chi connectivity index (χ1v) is 9.07. The van der Waals surface area contributed by atoms with Gasteiger partial charge < -0.3 is 4.74 Å². The lowest BCUT2D eigenvalue weighted by atomic mass is 9.62. The molecule has 0 heterocycles. The molecule has 0 aromatic heterocycles. The number of esters is 1. The smallest absolute Gasteiger partial charge is 0.330 e. The second kappa shape index (κ2) is 4.36. The van der Waals surface area contributed by atoms with Crippen LogP contribution in [-0.2, 0) is 9.53 Å². The quantitative estimate of drug-likeness (QED) is 0.449. The normalized spacial score (nSPS) is 55.5. The summed E-state index contributed by atoms with van der Waals surface area (Å²) in [5.41, 5.74) is 0. The van der Waals surface area contributed by atoms with Crippen molar-refractivity contribution in [2.45, 2.75) is 38.5 Å². The Balaban J connectivity index is 1.34. The third kappa shape index (κ3) is 1.57. The average molecular weight is 286 g/mol. The molecule has 21 heavy (non-hydrogen) atoms. The van der Waals surface area contributed by atoms with Gasteiger partial charge in [0.2, 0.25) is 0 Å². The summed E-state index contributed by atoms with van der Waals surface area (Å²) in [5, 5.41) is 0. The van der Waals surface area contributed by atoms with E-state index >= 15 is 0 Å². The van der Waals surface area contributed by atoms with E-state index in [0.717, 1.165) is 47.3 Å². The van der Waals surface area contributed by atoms with Crippen LogP contribution in [0.3, 0.4) is 0 Å². The number of hydrogen-bond acceptors (Lipinski definition) is 2. The molecule has 5 fully saturated rings. The topological polar surface area (TPSA) is 26.3 Å². The fourth-order valence-electron chi connectivity index (χ4n) is 7.89. The van der Waals surface area contributed by atoms with Gasteiger partial charge >= 0.3 is 5.97 Å². The molecule has 2 nitrogen and oxygen atoms in total. The zero-order valence-electron chi connectivity index (χ0n) is 12.7. The Morgan fingerprint density at radius 2 is 1.76 bits per heavy atom. The van der Waals surface area contributed by atoms with Gasteiger partial charge in [0.25, 0.3) is 0 Å². The lowest BCUT2D eigenvalue weighted by Gasteiger charge is -2.43. The summed E-state index contributed by atoms with van der Waals surface area (Å²) in [5.74, 6) is 8.61. The van der Waals surface area contributed by atoms with Crippen LogP contribution in [0.5, 0.6) is 0 Å². The molecule has 0 amide bonds. The summed E-state index contributed by atoms with van der Waals surface area (Å²) in [4.78, 5) is 11.3. The highest BCUT2D eigenvalue weighted by molar-refractivity contribution is 5.81. The summed E-state index contributed by atoms with van der Waals surface area (Å²) in [6.45, 7) is 4.15. The van der Waals surface area contributed by atoms with Crippen molar-refractivity contribution in [1.29, 1.82) is 0 Å². The van der Waals surface area contributed by atoms with Crippen molar-refractivity contribution < 1.29 is 9.53 Å². The third-order valence-corrected chi connectivity index (χ3v) is 8.13. The maximum absolute atomic E-state index is 11.3. The van der Waals surface area contributed by atoms with E-state index in [-0.39, 0.29) is 5.97 Å². The lowest BCUT2D eigenvalue weighted by molar-refractivity contribution is -0.140. The van der Waals surface area contributed by atoms with Crippen molar-refractivity contribution in [3.05, 3.63) is 12.7 Å². The van der Waals surface area contributed by atoms with E-state index in [1.165, 1.54) is 38.2 Å². The second-order valence-corrected chi connectivity index (χ2v) is 8.47. The van der Waals surface area contributed by atoms with Gasteiger partial charge in [-0.25, -0.2) is 4.79 Å². The minimum absolute atomic E-state index is 0.238. The molecule has 0 aliphatic heterocycles. The first kappa shape index (κ1) is 12.7. The van der Waals surface area contributed by atoms with Crippen LogP contribution in [0.2, 0.25) is 0 Å². The maximum Gasteiger partial charge on any atom is 0.330 e. The predicted octanol–water partition coefficient (Wildman–Crippen LogP) is 3.67. The van der Waals surface area contributed by atoms with Crippen molar-refractivity contribution in [1.82, 2.24) is 0 Å². The maximum atomic E-state index is 11.3. The molecule has 9 unspecified atom stereocenters. The first-order valence-electron chi connectivity index (χ1n) is 9.07. The minimum Gasteiger partial charge on any atom is -0.462 e. The average Bonchev–Trinajstić information content (AvgIpc) is 3.25. The van der Waals surface area contributed by atoms with Gasteiger partial charge in [-0.3, -0.25) is 0 Å². The van der Waals surface area contributed by atoms with Crippen LogP contribution in [0.25, 0.3) is 0 Å². The van der Waals surface area contributed by atoms with Crippen LogP contribution in [0.4, 0.5) is 0 Å². The zero-order valence-corrected chi connectivity index (χ0v) is 12.7. The van der Waals surface area contributed by atoms with Gasteiger partial charge in [-0.1, -0.05) is 13.0 Å². The number of fused-ring (bicyclic) bond motifs is 12. The molecule has 0 spiro atoms. The Kier molecular flexibility index (Phi) is 2.64. The molecule has 0 radical (unpaired) electrons. The number of carbonyl (C=O) groups is 1. The molecule has 5 aliphatic carbocycles. The molecule has 0 saturated heterocycles. The van der Waals surface area contributed by atoms with Crippen molar-refractivity contribution in [3.63, 3.8) is 0 Å². The molecule has 2 heteroatoms. The Bertz CT molecular complexity index is 484. The molecule has 5 saturated carbocycles. The van der Waals surface area contributed by atoms with Gasteiger partial charge in [0, 0.05) is 6.08 Å². The van der Waals surface area contributed by atoms with Gasteiger partial charge in [0.15, 0.2) is 0 Å². The highest BCUT2D eigenvalue weighted by Gasteiger charge is 2.67. The zero-order chi connectivity index (χ0) is 14.1. The van der Waals surface area contributed by atoms with Crippen LogP contribution in [0, 0.1) is 53.3 Å². The largest absolute Gasteiger partial charge is 0.462 e. The highest BCUT2D eigenvalue weighted by atomic mass is 16.5. The fraction of sp³-hybridized carbons (Fsp3) is 0.842. The molecular formula is C19H26O2. The summed E-state index contributed by atoms with van der Waals surface area (Å²) < 4.78 is 5.39. The van der Waals surface area contributed by atoms with Gasteiger partial charge in [-0.05, 0) is 85.4 Å². The van der Waals surface area contributed by atoms with Crippen LogP contribution >= 0.6 is 0 Å². The summed E-state index contributed by atoms with van der Waals surface area (Å²) in [7, 11) is 0. The van der Waals surface area contributed by atoms with E-state index in [9.17, 15) is 4.79 Å². The standard InChI is InChI=1S/C19H26O2/c1-2-17(20)21-9-11-6-10-7-14(11)19-16-8-15(18(10)19)12-4-3-5-13(12)16/h2,10-16,18-19H,1,3-9H2. The Hall–Kier alpha value is -0.790. The minimum atomic E-state index is -0.238. The van der Waals surface area contributed by atoms with Crippen LogP contribution in [0.15, 0.2) is 12.7 Å². The van der Waals surface area contributed by atoms with Crippen molar-refractivity contribution in [2.75, 3.05) is 6.61 Å². The van der Waals surface area contributed by atoms with E-state index in [4.69, 9.17) is 4.74 Å². The van der Waals surface area contributed by atoms with Crippen LogP contribution in [0.1, 0.15) is 38.5 Å². The van der Waals surface area contributed by atoms with Crippen LogP contribution in [-0.4, -0.2) is 12.6 Å². The summed E-state index contributed by atoms with van der Waals surface area (Å²) in [6.07, 6.45) is 10.2. The van der Waals surface area contributed by atoms with Crippen molar-refractivity contribution >= 4 is 5.97 Å².